The molecule has 2 N–H and O–H groups in total. The van der Waals surface area contributed by atoms with Crippen molar-refractivity contribution in [2.45, 2.75) is 10.8 Å². The number of nitrogens with one attached hydrogen (secondary N) is 1. The van der Waals surface area contributed by atoms with E-state index < -0.39 is 5.97 Å². The van der Waals surface area contributed by atoms with Crippen molar-refractivity contribution in [3.05, 3.63) is 53.7 Å². The average molecular weight is 285 g/mol. The van der Waals surface area contributed by atoms with E-state index in [1.165, 1.54) is 22.5 Å². The number of aromatic carboxylic acids is 1. The van der Waals surface area contributed by atoms with Crippen LogP contribution in [-0.4, -0.2) is 26.5 Å². The Balaban J connectivity index is 1.79. The summed E-state index contributed by atoms with van der Waals surface area (Å²) < 4.78 is 0. The lowest BCUT2D eigenvalue weighted by atomic mass is 10.1. The number of fused-ring (bicyclic) bond motifs is 1. The van der Waals surface area contributed by atoms with E-state index in [0.717, 1.165) is 5.56 Å². The van der Waals surface area contributed by atoms with Gasteiger partial charge in [-0.25, -0.2) is 4.79 Å². The topological polar surface area (TPSA) is 78.9 Å². The first kappa shape index (κ1) is 12.7. The van der Waals surface area contributed by atoms with Gasteiger partial charge in [0.2, 0.25) is 5.69 Å². The minimum absolute atomic E-state index is 0.0317. The molecule has 0 amide bonds. The Labute approximate surface area is 119 Å². The molecule has 6 heteroatoms. The number of rotatable bonds is 4. The minimum atomic E-state index is -1.07. The number of nitrogens with zero attached hydrogens (tertiary/aromatic N) is 2. The zero-order valence-corrected chi connectivity index (χ0v) is 11.2. The largest absolute Gasteiger partial charge is 0.476 e. The first-order chi connectivity index (χ1) is 9.74. The monoisotopic (exact) mass is 285 g/mol. The van der Waals surface area contributed by atoms with Crippen LogP contribution in [0.4, 0.5) is 0 Å². The fourth-order valence-corrected chi connectivity index (χ4v) is 2.80. The lowest BCUT2D eigenvalue weighted by Gasteiger charge is -2.03. The van der Waals surface area contributed by atoms with Gasteiger partial charge in [-0.3, -0.25) is 5.10 Å². The van der Waals surface area contributed by atoms with Crippen LogP contribution in [0.3, 0.4) is 0 Å². The molecule has 100 valence electrons. The number of aromatic nitrogens is 3. The molecule has 20 heavy (non-hydrogen) atoms. The number of hydrogen-bond donors (Lipinski definition) is 2. The molecular weight excluding hydrogens is 274 g/mol. The molecule has 2 aromatic carbocycles. The lowest BCUT2D eigenvalue weighted by Crippen LogP contribution is -1.98. The maximum atomic E-state index is 10.9. The Morgan fingerprint density at radius 2 is 2.00 bits per heavy atom. The van der Waals surface area contributed by atoms with Gasteiger partial charge in [0.1, 0.15) is 5.03 Å². The summed E-state index contributed by atoms with van der Waals surface area (Å²) in [5, 5.41) is 21.5. The molecule has 0 aliphatic rings. The minimum Gasteiger partial charge on any atom is -0.476 e. The third-order valence-electron chi connectivity index (χ3n) is 2.92. The van der Waals surface area contributed by atoms with Gasteiger partial charge >= 0.3 is 5.97 Å². The highest BCUT2D eigenvalue weighted by Gasteiger charge is 2.14. The van der Waals surface area contributed by atoms with Gasteiger partial charge in [0.15, 0.2) is 0 Å². The van der Waals surface area contributed by atoms with Gasteiger partial charge in [-0.1, -0.05) is 59.4 Å². The molecule has 1 heterocycles. The van der Waals surface area contributed by atoms with E-state index in [0.29, 0.717) is 10.8 Å². The second-order valence-corrected chi connectivity index (χ2v) is 5.25. The van der Waals surface area contributed by atoms with Gasteiger partial charge in [-0.15, -0.1) is 5.10 Å². The van der Waals surface area contributed by atoms with Crippen molar-refractivity contribution >= 4 is 28.5 Å². The molecule has 0 unspecified atom stereocenters. The summed E-state index contributed by atoms with van der Waals surface area (Å²) in [6.07, 6.45) is 0. The van der Waals surface area contributed by atoms with E-state index in [1.54, 1.807) is 0 Å². The molecule has 0 aliphatic heterocycles. The SMILES string of the molecule is O=C(O)c1nn[nH]c1SCc1ccc2ccccc2c1. The van der Waals surface area contributed by atoms with Crippen molar-refractivity contribution in [1.82, 2.24) is 15.4 Å². The summed E-state index contributed by atoms with van der Waals surface area (Å²) in [5.41, 5.74) is 1.09. The van der Waals surface area contributed by atoms with E-state index in [4.69, 9.17) is 5.11 Å². The van der Waals surface area contributed by atoms with E-state index in [1.807, 2.05) is 18.2 Å². The van der Waals surface area contributed by atoms with Crippen LogP contribution >= 0.6 is 11.8 Å². The maximum Gasteiger partial charge on any atom is 0.359 e. The average Bonchev–Trinajstić information content (AvgIpc) is 2.93. The Morgan fingerprint density at radius 1 is 1.20 bits per heavy atom. The Bertz CT molecular complexity index is 770. The molecule has 0 spiro atoms. The van der Waals surface area contributed by atoms with Crippen molar-refractivity contribution in [1.29, 1.82) is 0 Å². The van der Waals surface area contributed by atoms with Crippen molar-refractivity contribution in [2.75, 3.05) is 0 Å². The number of thioether (sulfide) groups is 1. The second kappa shape index (κ2) is 5.34. The highest BCUT2D eigenvalue weighted by molar-refractivity contribution is 7.98. The number of carboxylic acids is 1. The van der Waals surface area contributed by atoms with Crippen LogP contribution in [0.1, 0.15) is 16.1 Å². The molecule has 1 aromatic heterocycles. The Hall–Kier alpha value is -2.34. The van der Waals surface area contributed by atoms with Gasteiger partial charge in [-0.2, -0.15) is 0 Å². The molecule has 0 saturated heterocycles. The number of carboxylic acid groups (broad SMARTS) is 1. The van der Waals surface area contributed by atoms with Gasteiger partial charge in [0.25, 0.3) is 0 Å². The predicted octanol–water partition coefficient (Wildman–Crippen LogP) is 2.95. The first-order valence-electron chi connectivity index (χ1n) is 5.99. The number of carbonyl (C=O) groups is 1. The summed E-state index contributed by atoms with van der Waals surface area (Å²) in [5.74, 6) is -0.408. The second-order valence-electron chi connectivity index (χ2n) is 4.26. The number of hydrogen-bond acceptors (Lipinski definition) is 4. The highest BCUT2D eigenvalue weighted by atomic mass is 32.2. The van der Waals surface area contributed by atoms with Gasteiger partial charge in [0.05, 0.1) is 0 Å². The van der Waals surface area contributed by atoms with E-state index in [2.05, 4.69) is 39.7 Å². The van der Waals surface area contributed by atoms with Crippen LogP contribution in [0, 0.1) is 0 Å². The molecular formula is C14H11N3O2S. The first-order valence-corrected chi connectivity index (χ1v) is 6.97. The van der Waals surface area contributed by atoms with Crippen LogP contribution in [0.2, 0.25) is 0 Å². The molecule has 5 nitrogen and oxygen atoms in total. The number of benzene rings is 2. The molecule has 3 aromatic rings. The van der Waals surface area contributed by atoms with Crippen LogP contribution in [0.15, 0.2) is 47.5 Å². The summed E-state index contributed by atoms with van der Waals surface area (Å²) >= 11 is 1.38. The Kier molecular flexibility index (Phi) is 3.39. The molecule has 0 atom stereocenters. The predicted molar refractivity (Wildman–Crippen MR) is 76.9 cm³/mol. The van der Waals surface area contributed by atoms with Crippen molar-refractivity contribution < 1.29 is 9.90 Å². The molecule has 0 radical (unpaired) electrons. The number of aromatic amines is 1. The van der Waals surface area contributed by atoms with Crippen LogP contribution in [0.5, 0.6) is 0 Å². The van der Waals surface area contributed by atoms with Crippen molar-refractivity contribution in [3.8, 4) is 0 Å². The third kappa shape index (κ3) is 2.50. The Morgan fingerprint density at radius 3 is 2.80 bits per heavy atom. The standard InChI is InChI=1S/C14H11N3O2S/c18-14(19)12-13(16-17-15-12)20-8-9-5-6-10-3-1-2-4-11(10)7-9/h1-7H,8H2,(H,18,19)(H,15,16,17). The summed E-state index contributed by atoms with van der Waals surface area (Å²) in [6, 6.07) is 14.3. The molecule has 3 rings (SSSR count). The van der Waals surface area contributed by atoms with Gasteiger partial charge < -0.3 is 5.11 Å². The van der Waals surface area contributed by atoms with Crippen LogP contribution < -0.4 is 0 Å². The van der Waals surface area contributed by atoms with Gasteiger partial charge in [0, 0.05) is 5.75 Å². The quantitative estimate of drug-likeness (QED) is 0.720. The zero-order valence-electron chi connectivity index (χ0n) is 10.4. The van der Waals surface area contributed by atoms with Crippen molar-refractivity contribution in [2.24, 2.45) is 0 Å². The van der Waals surface area contributed by atoms with Crippen LogP contribution in [-0.2, 0) is 5.75 Å². The smallest absolute Gasteiger partial charge is 0.359 e. The summed E-state index contributed by atoms with van der Waals surface area (Å²) in [4.78, 5) is 10.9. The molecule has 0 bridgehead atoms. The fourth-order valence-electron chi connectivity index (χ4n) is 1.94. The highest BCUT2D eigenvalue weighted by Crippen LogP contribution is 2.25. The summed E-state index contributed by atoms with van der Waals surface area (Å²) in [6.45, 7) is 0. The van der Waals surface area contributed by atoms with Crippen LogP contribution in [0.25, 0.3) is 10.8 Å². The fraction of sp³-hybridized carbons (Fsp3) is 0.0714. The normalized spacial score (nSPS) is 10.8. The van der Waals surface area contributed by atoms with E-state index in [-0.39, 0.29) is 5.69 Å². The molecule has 0 fully saturated rings. The molecule has 0 saturated carbocycles. The molecule has 0 aliphatic carbocycles. The van der Waals surface area contributed by atoms with Gasteiger partial charge in [-0.05, 0) is 16.3 Å². The maximum absolute atomic E-state index is 10.9. The third-order valence-corrected chi connectivity index (χ3v) is 3.97. The zero-order chi connectivity index (χ0) is 13.9. The van der Waals surface area contributed by atoms with E-state index >= 15 is 0 Å². The lowest BCUT2D eigenvalue weighted by molar-refractivity contribution is 0.0686. The number of H-pyrrole nitrogens is 1. The van der Waals surface area contributed by atoms with E-state index in [9.17, 15) is 4.79 Å². The summed E-state index contributed by atoms with van der Waals surface area (Å²) in [7, 11) is 0. The van der Waals surface area contributed by atoms with Crippen molar-refractivity contribution in [3.63, 3.8) is 0 Å².